The largest absolute Gasteiger partial charge is 0.312 e. The summed E-state index contributed by atoms with van der Waals surface area (Å²) in [6, 6.07) is 4.37. The van der Waals surface area contributed by atoms with E-state index in [1.165, 1.54) is 25.7 Å². The van der Waals surface area contributed by atoms with Crippen LogP contribution in [0.2, 0.25) is 0 Å². The highest BCUT2D eigenvalue weighted by molar-refractivity contribution is 5.18. The number of benzene rings is 1. The Morgan fingerprint density at radius 3 is 2.39 bits per heavy atom. The standard InChI is InChI=1S/C15H19F2N/c16-14-3-1-2-12(15(14)17)8-18-9-13(10-4-5-10)11-6-7-11/h1-3,10-11,13,18H,4-9H2. The molecule has 0 saturated heterocycles. The van der Waals surface area contributed by atoms with E-state index in [1.54, 1.807) is 12.1 Å². The van der Waals surface area contributed by atoms with E-state index in [-0.39, 0.29) is 0 Å². The maximum atomic E-state index is 13.5. The molecule has 0 bridgehead atoms. The van der Waals surface area contributed by atoms with E-state index < -0.39 is 11.6 Å². The molecule has 0 radical (unpaired) electrons. The van der Waals surface area contributed by atoms with E-state index in [9.17, 15) is 8.78 Å². The van der Waals surface area contributed by atoms with E-state index >= 15 is 0 Å². The number of hydrogen-bond acceptors (Lipinski definition) is 1. The van der Waals surface area contributed by atoms with E-state index in [0.717, 1.165) is 30.4 Å². The van der Waals surface area contributed by atoms with Crippen LogP contribution in [-0.2, 0) is 6.54 Å². The lowest BCUT2D eigenvalue weighted by molar-refractivity contribution is 0.376. The van der Waals surface area contributed by atoms with Crippen molar-refractivity contribution in [1.29, 1.82) is 0 Å². The van der Waals surface area contributed by atoms with Crippen LogP contribution in [0.5, 0.6) is 0 Å². The first-order valence-electron chi connectivity index (χ1n) is 6.89. The van der Waals surface area contributed by atoms with Gasteiger partial charge in [0.25, 0.3) is 0 Å². The summed E-state index contributed by atoms with van der Waals surface area (Å²) in [4.78, 5) is 0. The molecular weight excluding hydrogens is 232 g/mol. The molecule has 0 spiro atoms. The molecule has 1 nitrogen and oxygen atoms in total. The van der Waals surface area contributed by atoms with Crippen LogP contribution in [0.4, 0.5) is 8.78 Å². The maximum absolute atomic E-state index is 13.5. The minimum Gasteiger partial charge on any atom is -0.312 e. The molecule has 0 atom stereocenters. The van der Waals surface area contributed by atoms with Crippen molar-refractivity contribution < 1.29 is 8.78 Å². The normalized spacial score (nSPS) is 19.5. The molecule has 0 aliphatic heterocycles. The van der Waals surface area contributed by atoms with Crippen molar-refractivity contribution in [3.8, 4) is 0 Å². The number of halogens is 2. The molecule has 3 rings (SSSR count). The van der Waals surface area contributed by atoms with Gasteiger partial charge in [0.2, 0.25) is 0 Å². The summed E-state index contributed by atoms with van der Waals surface area (Å²) in [5.41, 5.74) is 0.431. The second-order valence-electron chi connectivity index (χ2n) is 5.68. The Morgan fingerprint density at radius 1 is 1.11 bits per heavy atom. The summed E-state index contributed by atoms with van der Waals surface area (Å²) in [5, 5.41) is 3.31. The monoisotopic (exact) mass is 251 g/mol. The number of rotatable bonds is 6. The van der Waals surface area contributed by atoms with Crippen LogP contribution in [0.3, 0.4) is 0 Å². The summed E-state index contributed by atoms with van der Waals surface area (Å²) in [6.07, 6.45) is 5.43. The Hall–Kier alpha value is -0.960. The van der Waals surface area contributed by atoms with Gasteiger partial charge in [0.1, 0.15) is 0 Å². The van der Waals surface area contributed by atoms with Crippen LogP contribution in [0.1, 0.15) is 31.2 Å². The predicted octanol–water partition coefficient (Wildman–Crippen LogP) is 3.49. The van der Waals surface area contributed by atoms with Crippen molar-refractivity contribution in [3.63, 3.8) is 0 Å². The fourth-order valence-electron chi connectivity index (χ4n) is 2.83. The van der Waals surface area contributed by atoms with Crippen LogP contribution >= 0.6 is 0 Å². The quantitative estimate of drug-likeness (QED) is 0.816. The minimum atomic E-state index is -0.754. The first-order valence-corrected chi connectivity index (χ1v) is 6.89. The molecule has 98 valence electrons. The number of nitrogens with one attached hydrogen (secondary N) is 1. The van der Waals surface area contributed by atoms with Gasteiger partial charge in [-0.15, -0.1) is 0 Å². The van der Waals surface area contributed by atoms with Crippen LogP contribution in [0, 0.1) is 29.4 Å². The Morgan fingerprint density at radius 2 is 1.78 bits per heavy atom. The Bertz CT molecular complexity index is 413. The van der Waals surface area contributed by atoms with Crippen LogP contribution in [0.25, 0.3) is 0 Å². The fourth-order valence-corrected chi connectivity index (χ4v) is 2.83. The highest BCUT2D eigenvalue weighted by Gasteiger charge is 2.40. The molecule has 0 heterocycles. The smallest absolute Gasteiger partial charge is 0.163 e. The van der Waals surface area contributed by atoms with Gasteiger partial charge in [-0.05, 0) is 56.0 Å². The van der Waals surface area contributed by atoms with Gasteiger partial charge >= 0.3 is 0 Å². The molecule has 3 heteroatoms. The Kier molecular flexibility index (Phi) is 3.33. The maximum Gasteiger partial charge on any atom is 0.163 e. The number of hydrogen-bond donors (Lipinski definition) is 1. The predicted molar refractivity (Wildman–Crippen MR) is 67.0 cm³/mol. The first kappa shape index (κ1) is 12.1. The third-order valence-electron chi connectivity index (χ3n) is 4.18. The Balaban J connectivity index is 1.52. The van der Waals surface area contributed by atoms with Crippen LogP contribution in [0.15, 0.2) is 18.2 Å². The minimum absolute atomic E-state index is 0.430. The Labute approximate surface area is 107 Å². The van der Waals surface area contributed by atoms with Crippen molar-refractivity contribution in [3.05, 3.63) is 35.4 Å². The molecule has 2 aliphatic rings. The first-order chi connectivity index (χ1) is 8.75. The van der Waals surface area contributed by atoms with Gasteiger partial charge in [-0.25, -0.2) is 8.78 Å². The van der Waals surface area contributed by atoms with Crippen molar-refractivity contribution in [2.45, 2.75) is 32.2 Å². The van der Waals surface area contributed by atoms with E-state index in [4.69, 9.17) is 0 Å². The zero-order valence-corrected chi connectivity index (χ0v) is 10.5. The highest BCUT2D eigenvalue weighted by Crippen LogP contribution is 2.48. The molecule has 0 aromatic heterocycles. The summed E-state index contributed by atoms with van der Waals surface area (Å²) >= 11 is 0. The van der Waals surface area contributed by atoms with Crippen molar-refractivity contribution in [2.24, 2.45) is 17.8 Å². The molecular formula is C15H19F2N. The van der Waals surface area contributed by atoms with Crippen molar-refractivity contribution in [2.75, 3.05) is 6.54 Å². The van der Waals surface area contributed by atoms with Crippen molar-refractivity contribution >= 4 is 0 Å². The van der Waals surface area contributed by atoms with Gasteiger partial charge in [-0.1, -0.05) is 12.1 Å². The molecule has 18 heavy (non-hydrogen) atoms. The van der Waals surface area contributed by atoms with E-state index in [1.807, 2.05) is 0 Å². The van der Waals surface area contributed by atoms with Gasteiger partial charge in [0.05, 0.1) is 0 Å². The second kappa shape index (κ2) is 4.96. The van der Waals surface area contributed by atoms with Gasteiger partial charge in [0, 0.05) is 12.1 Å². The third kappa shape index (κ3) is 2.72. The van der Waals surface area contributed by atoms with Crippen LogP contribution < -0.4 is 5.32 Å². The molecule has 0 unspecified atom stereocenters. The average Bonchev–Trinajstić information content (AvgIpc) is 3.23. The average molecular weight is 251 g/mol. The van der Waals surface area contributed by atoms with Crippen molar-refractivity contribution in [1.82, 2.24) is 5.32 Å². The molecule has 1 N–H and O–H groups in total. The highest BCUT2D eigenvalue weighted by atomic mass is 19.2. The molecule has 1 aromatic carbocycles. The van der Waals surface area contributed by atoms with Crippen LogP contribution in [-0.4, -0.2) is 6.54 Å². The SMILES string of the molecule is Fc1cccc(CNCC(C2CC2)C2CC2)c1F. The lowest BCUT2D eigenvalue weighted by Crippen LogP contribution is -2.25. The summed E-state index contributed by atoms with van der Waals surface area (Å²) in [5.74, 6) is 1.08. The topological polar surface area (TPSA) is 12.0 Å². The fraction of sp³-hybridized carbons (Fsp3) is 0.600. The van der Waals surface area contributed by atoms with E-state index in [2.05, 4.69) is 5.32 Å². The lowest BCUT2D eigenvalue weighted by Gasteiger charge is -2.16. The van der Waals surface area contributed by atoms with Gasteiger partial charge < -0.3 is 5.32 Å². The summed E-state index contributed by atoms with van der Waals surface area (Å²) in [6.45, 7) is 1.38. The van der Waals surface area contributed by atoms with Gasteiger partial charge in [-0.2, -0.15) is 0 Å². The van der Waals surface area contributed by atoms with Gasteiger partial charge in [0.15, 0.2) is 11.6 Å². The zero-order chi connectivity index (χ0) is 12.5. The van der Waals surface area contributed by atoms with Gasteiger partial charge in [-0.3, -0.25) is 0 Å². The zero-order valence-electron chi connectivity index (χ0n) is 10.5. The summed E-state index contributed by atoms with van der Waals surface area (Å²) < 4.78 is 26.5. The second-order valence-corrected chi connectivity index (χ2v) is 5.68. The third-order valence-corrected chi connectivity index (χ3v) is 4.18. The van der Waals surface area contributed by atoms with E-state index in [0.29, 0.717) is 12.1 Å². The lowest BCUT2D eigenvalue weighted by atomic mass is 9.98. The molecule has 2 fully saturated rings. The molecule has 0 amide bonds. The molecule has 2 saturated carbocycles. The molecule has 1 aromatic rings. The molecule has 2 aliphatic carbocycles. The summed E-state index contributed by atoms with van der Waals surface area (Å²) in [7, 11) is 0.